The second kappa shape index (κ2) is 9.17. The number of nitrogens with zero attached hydrogens (tertiary/aromatic N) is 1. The molecule has 5 nitrogen and oxygen atoms in total. The van der Waals surface area contributed by atoms with E-state index < -0.39 is 11.4 Å². The van der Waals surface area contributed by atoms with E-state index in [-0.39, 0.29) is 18.3 Å². The van der Waals surface area contributed by atoms with Crippen molar-refractivity contribution in [2.45, 2.75) is 38.3 Å². The van der Waals surface area contributed by atoms with E-state index in [1.807, 2.05) is 24.3 Å². The maximum atomic E-state index is 13.7. The molecule has 0 aliphatic carbocycles. The predicted molar refractivity (Wildman–Crippen MR) is 107 cm³/mol. The van der Waals surface area contributed by atoms with Gasteiger partial charge in [-0.2, -0.15) is 0 Å². The Labute approximate surface area is 165 Å². The zero-order valence-electron chi connectivity index (χ0n) is 16.2. The molecule has 0 radical (unpaired) electrons. The number of ether oxygens (including phenoxy) is 1. The van der Waals surface area contributed by atoms with Gasteiger partial charge in [-0.05, 0) is 55.6 Å². The van der Waals surface area contributed by atoms with Crippen molar-refractivity contribution in [3.8, 4) is 5.75 Å². The summed E-state index contributed by atoms with van der Waals surface area (Å²) in [7, 11) is 0. The van der Waals surface area contributed by atoms with Crippen LogP contribution in [0.4, 0.5) is 10.1 Å². The normalized spacial score (nSPS) is 20.4. The van der Waals surface area contributed by atoms with Crippen LogP contribution in [0.3, 0.4) is 0 Å². The molecule has 0 unspecified atom stereocenters. The number of likely N-dealkylation sites (tertiary alicyclic amines) is 1. The zero-order valence-corrected chi connectivity index (χ0v) is 16.2. The maximum absolute atomic E-state index is 13.7. The number of aliphatic hydroxyl groups is 1. The minimum absolute atomic E-state index is 0.0860. The number of rotatable bonds is 6. The van der Waals surface area contributed by atoms with Gasteiger partial charge in [0, 0.05) is 25.7 Å². The molecule has 1 aliphatic heterocycles. The highest BCUT2D eigenvalue weighted by Crippen LogP contribution is 2.26. The van der Waals surface area contributed by atoms with Crippen LogP contribution in [0.1, 0.15) is 31.7 Å². The molecule has 0 aromatic heterocycles. The number of halogens is 1. The van der Waals surface area contributed by atoms with Crippen LogP contribution in [-0.4, -0.2) is 41.2 Å². The van der Waals surface area contributed by atoms with Gasteiger partial charge in [0.15, 0.2) is 11.6 Å². The average Bonchev–Trinajstić information content (AvgIpc) is 2.84. The molecule has 1 atom stereocenters. The summed E-state index contributed by atoms with van der Waals surface area (Å²) in [5, 5.41) is 13.7. The lowest BCUT2D eigenvalue weighted by Gasteiger charge is -2.27. The monoisotopic (exact) mass is 386 g/mol. The molecule has 1 saturated heterocycles. The third kappa shape index (κ3) is 5.78. The molecule has 3 rings (SSSR count). The molecule has 150 valence electrons. The van der Waals surface area contributed by atoms with Gasteiger partial charge in [-0.25, -0.2) is 4.39 Å². The molecule has 2 aromatic carbocycles. The highest BCUT2D eigenvalue weighted by molar-refractivity contribution is 5.88. The van der Waals surface area contributed by atoms with E-state index in [1.54, 1.807) is 18.2 Å². The SMILES string of the molecule is CC(=O)Nc1ccc(CN2CCC[C@](O)(COc3ccccc3F)CC2)cc1. The van der Waals surface area contributed by atoms with Gasteiger partial charge in [-0.15, -0.1) is 0 Å². The summed E-state index contributed by atoms with van der Waals surface area (Å²) in [5.74, 6) is -0.322. The van der Waals surface area contributed by atoms with Crippen molar-refractivity contribution in [1.29, 1.82) is 0 Å². The Kier molecular flexibility index (Phi) is 6.65. The summed E-state index contributed by atoms with van der Waals surface area (Å²) in [6.07, 6.45) is 2.05. The molecule has 6 heteroatoms. The van der Waals surface area contributed by atoms with Crippen LogP contribution in [0.5, 0.6) is 5.75 Å². The predicted octanol–water partition coefficient (Wildman–Crippen LogP) is 3.58. The van der Waals surface area contributed by atoms with E-state index in [1.165, 1.54) is 13.0 Å². The lowest BCUT2D eigenvalue weighted by molar-refractivity contribution is -0.114. The largest absolute Gasteiger partial charge is 0.488 e. The summed E-state index contributed by atoms with van der Waals surface area (Å²) >= 11 is 0. The van der Waals surface area contributed by atoms with Crippen molar-refractivity contribution in [2.75, 3.05) is 25.0 Å². The lowest BCUT2D eigenvalue weighted by Crippen LogP contribution is -2.37. The number of carbonyl (C=O) groups is 1. The Bertz CT molecular complexity index is 797. The van der Waals surface area contributed by atoms with Gasteiger partial charge >= 0.3 is 0 Å². The van der Waals surface area contributed by atoms with Crippen LogP contribution in [-0.2, 0) is 11.3 Å². The molecule has 1 amide bonds. The highest BCUT2D eigenvalue weighted by atomic mass is 19.1. The van der Waals surface area contributed by atoms with Crippen molar-refractivity contribution < 1.29 is 19.0 Å². The van der Waals surface area contributed by atoms with Crippen molar-refractivity contribution in [3.63, 3.8) is 0 Å². The van der Waals surface area contributed by atoms with E-state index in [9.17, 15) is 14.3 Å². The lowest BCUT2D eigenvalue weighted by atomic mass is 9.96. The Balaban J connectivity index is 1.52. The minimum atomic E-state index is -0.952. The van der Waals surface area contributed by atoms with E-state index in [4.69, 9.17) is 4.74 Å². The van der Waals surface area contributed by atoms with Crippen molar-refractivity contribution in [1.82, 2.24) is 4.90 Å². The number of hydrogen-bond acceptors (Lipinski definition) is 4. The molecule has 2 aromatic rings. The van der Waals surface area contributed by atoms with Crippen molar-refractivity contribution >= 4 is 11.6 Å². The van der Waals surface area contributed by atoms with Gasteiger partial charge in [0.2, 0.25) is 5.91 Å². The van der Waals surface area contributed by atoms with Gasteiger partial charge in [0.05, 0.1) is 5.60 Å². The molecule has 28 heavy (non-hydrogen) atoms. The number of para-hydroxylation sites is 1. The Hall–Kier alpha value is -2.44. The van der Waals surface area contributed by atoms with E-state index in [2.05, 4.69) is 10.2 Å². The average molecular weight is 386 g/mol. The smallest absolute Gasteiger partial charge is 0.221 e. The topological polar surface area (TPSA) is 61.8 Å². The van der Waals surface area contributed by atoms with Crippen LogP contribution in [0.25, 0.3) is 0 Å². The first-order chi connectivity index (χ1) is 13.4. The number of benzene rings is 2. The first-order valence-corrected chi connectivity index (χ1v) is 9.62. The minimum Gasteiger partial charge on any atom is -0.488 e. The maximum Gasteiger partial charge on any atom is 0.221 e. The summed E-state index contributed by atoms with van der Waals surface area (Å²) in [6.45, 7) is 3.99. The standard InChI is InChI=1S/C22H27FN2O3/c1-17(26)24-19-9-7-18(8-10-19)15-25-13-4-11-22(27,12-14-25)16-28-21-6-3-2-5-20(21)23/h2-3,5-10,27H,4,11-16H2,1H3,(H,24,26)/t22-/m1/s1. The molecular formula is C22H27FN2O3. The number of hydrogen-bond donors (Lipinski definition) is 2. The van der Waals surface area contributed by atoms with E-state index >= 15 is 0 Å². The molecular weight excluding hydrogens is 359 g/mol. The van der Waals surface area contributed by atoms with Gasteiger partial charge < -0.3 is 15.2 Å². The van der Waals surface area contributed by atoms with Crippen LogP contribution < -0.4 is 10.1 Å². The van der Waals surface area contributed by atoms with Crippen LogP contribution in [0, 0.1) is 5.82 Å². The fourth-order valence-electron chi connectivity index (χ4n) is 3.47. The Morgan fingerprint density at radius 3 is 2.64 bits per heavy atom. The third-order valence-electron chi connectivity index (χ3n) is 5.02. The number of anilines is 1. The van der Waals surface area contributed by atoms with Gasteiger partial charge in [-0.1, -0.05) is 24.3 Å². The summed E-state index contributed by atoms with van der Waals surface area (Å²) < 4.78 is 19.3. The number of carbonyl (C=O) groups excluding carboxylic acids is 1. The third-order valence-corrected chi connectivity index (χ3v) is 5.02. The second-order valence-electron chi connectivity index (χ2n) is 7.45. The molecule has 0 saturated carbocycles. The first kappa shape index (κ1) is 20.3. The number of amides is 1. The molecule has 0 bridgehead atoms. The van der Waals surface area contributed by atoms with Gasteiger partial charge in [0.1, 0.15) is 6.61 Å². The zero-order chi connectivity index (χ0) is 20.0. The Morgan fingerprint density at radius 1 is 1.18 bits per heavy atom. The van der Waals surface area contributed by atoms with Crippen LogP contribution >= 0.6 is 0 Å². The molecule has 2 N–H and O–H groups in total. The summed E-state index contributed by atoms with van der Waals surface area (Å²) in [4.78, 5) is 13.4. The van der Waals surface area contributed by atoms with Crippen molar-refractivity contribution in [3.05, 3.63) is 59.9 Å². The van der Waals surface area contributed by atoms with E-state index in [0.29, 0.717) is 12.8 Å². The Morgan fingerprint density at radius 2 is 1.93 bits per heavy atom. The van der Waals surface area contributed by atoms with E-state index in [0.717, 1.165) is 37.3 Å². The van der Waals surface area contributed by atoms with Crippen LogP contribution in [0.2, 0.25) is 0 Å². The first-order valence-electron chi connectivity index (χ1n) is 9.62. The summed E-state index contributed by atoms with van der Waals surface area (Å²) in [5.41, 5.74) is 0.987. The quantitative estimate of drug-likeness (QED) is 0.797. The van der Waals surface area contributed by atoms with Gasteiger partial charge in [-0.3, -0.25) is 9.69 Å². The fourth-order valence-corrected chi connectivity index (χ4v) is 3.47. The summed E-state index contributed by atoms with van der Waals surface area (Å²) in [6, 6.07) is 14.1. The molecule has 1 heterocycles. The second-order valence-corrected chi connectivity index (χ2v) is 7.45. The molecule has 1 aliphatic rings. The highest BCUT2D eigenvalue weighted by Gasteiger charge is 2.31. The van der Waals surface area contributed by atoms with Gasteiger partial charge in [0.25, 0.3) is 0 Å². The number of nitrogens with one attached hydrogen (secondary N) is 1. The fraction of sp³-hybridized carbons (Fsp3) is 0.409. The van der Waals surface area contributed by atoms with Crippen molar-refractivity contribution in [2.24, 2.45) is 0 Å². The van der Waals surface area contributed by atoms with Crippen LogP contribution in [0.15, 0.2) is 48.5 Å². The molecule has 1 fully saturated rings. The molecule has 0 spiro atoms.